The monoisotopic (exact) mass is 592 g/mol. The highest BCUT2D eigenvalue weighted by Gasteiger charge is 2.39. The number of benzene rings is 3. The summed E-state index contributed by atoms with van der Waals surface area (Å²) in [6.07, 6.45) is 0.433. The number of rotatable bonds is 7. The molecule has 10 heteroatoms. The fourth-order valence-electron chi connectivity index (χ4n) is 3.53. The summed E-state index contributed by atoms with van der Waals surface area (Å²) in [6.45, 7) is 3.77. The van der Waals surface area contributed by atoms with E-state index in [1.807, 2.05) is 38.1 Å². The first kappa shape index (κ1) is 27.9. The Bertz CT molecular complexity index is 1160. The highest BCUT2D eigenvalue weighted by atomic mass is 35.5. The van der Waals surface area contributed by atoms with E-state index in [0.717, 1.165) is 11.1 Å². The van der Waals surface area contributed by atoms with Gasteiger partial charge in [0.25, 0.3) is 0 Å². The van der Waals surface area contributed by atoms with Crippen LogP contribution in [0.4, 0.5) is 0 Å². The second kappa shape index (κ2) is 12.1. The van der Waals surface area contributed by atoms with Crippen LogP contribution < -0.4 is 9.47 Å². The molecular formula is C25H18Cl6O4. The van der Waals surface area contributed by atoms with Crippen LogP contribution in [0.3, 0.4) is 0 Å². The van der Waals surface area contributed by atoms with E-state index in [2.05, 4.69) is 0 Å². The average Bonchev–Trinajstić information content (AvgIpc) is 2.78. The van der Waals surface area contributed by atoms with Crippen LogP contribution in [0.15, 0.2) is 48.5 Å². The number of hydrogen-bond donors (Lipinski definition) is 0. The highest BCUT2D eigenvalue weighted by Crippen LogP contribution is 2.38. The summed E-state index contributed by atoms with van der Waals surface area (Å²) in [5.41, 5.74) is 1.74. The highest BCUT2D eigenvalue weighted by molar-refractivity contribution is 6.48. The molecule has 35 heavy (non-hydrogen) atoms. The molecule has 0 unspecified atom stereocenters. The third-order valence-electron chi connectivity index (χ3n) is 5.17. The first-order chi connectivity index (χ1) is 16.5. The molecule has 3 aromatic rings. The quantitative estimate of drug-likeness (QED) is 0.118. The fourth-order valence-corrected chi connectivity index (χ4v) is 4.68. The minimum Gasteiger partial charge on any atom is -0.426 e. The van der Waals surface area contributed by atoms with Gasteiger partial charge in [-0.05, 0) is 18.9 Å². The first-order valence-electron chi connectivity index (χ1n) is 10.3. The van der Waals surface area contributed by atoms with Crippen LogP contribution in [0, 0.1) is 12.8 Å². The Morgan fingerprint density at radius 3 is 1.54 bits per heavy atom. The summed E-state index contributed by atoms with van der Waals surface area (Å²) in [5, 5.41) is 0.614. The third kappa shape index (κ3) is 6.76. The standard InChI is InChI=1S/C25H18Cl6O4/c1-3-16(13-6-4-5-12(2)7-13)21(24(32)34-14-8-17(26)22(30)18(27)9-14)25(33)35-15-10-19(28)23(31)20(29)11-15/h4-11,16,21H,3H2,1-2H3/t16-/m1/s1. The van der Waals surface area contributed by atoms with Crippen LogP contribution in [0.2, 0.25) is 30.1 Å². The number of ether oxygens (including phenoxy) is 2. The van der Waals surface area contributed by atoms with Gasteiger partial charge in [0.1, 0.15) is 11.5 Å². The minimum absolute atomic E-state index is 0.0314. The molecule has 0 N–H and O–H groups in total. The van der Waals surface area contributed by atoms with Gasteiger partial charge in [0.2, 0.25) is 0 Å². The van der Waals surface area contributed by atoms with E-state index >= 15 is 0 Å². The molecule has 3 aromatic carbocycles. The predicted octanol–water partition coefficient (Wildman–Crippen LogP) is 9.24. The second-order valence-electron chi connectivity index (χ2n) is 7.65. The van der Waals surface area contributed by atoms with Crippen molar-refractivity contribution < 1.29 is 19.1 Å². The van der Waals surface area contributed by atoms with Crippen molar-refractivity contribution in [3.63, 3.8) is 0 Å². The molecule has 0 amide bonds. The van der Waals surface area contributed by atoms with Crippen molar-refractivity contribution in [1.82, 2.24) is 0 Å². The molecular weight excluding hydrogens is 577 g/mol. The lowest BCUT2D eigenvalue weighted by Crippen LogP contribution is -2.36. The smallest absolute Gasteiger partial charge is 0.326 e. The Hall–Kier alpha value is -1.66. The second-order valence-corrected chi connectivity index (χ2v) is 10.0. The van der Waals surface area contributed by atoms with Crippen LogP contribution in [0.1, 0.15) is 30.4 Å². The average molecular weight is 595 g/mol. The van der Waals surface area contributed by atoms with Crippen molar-refractivity contribution in [1.29, 1.82) is 0 Å². The Balaban J connectivity index is 2.00. The molecule has 0 aliphatic rings. The number of carbonyl (C=O) groups is 2. The Kier molecular flexibility index (Phi) is 9.61. The van der Waals surface area contributed by atoms with Gasteiger partial charge >= 0.3 is 11.9 Å². The summed E-state index contributed by atoms with van der Waals surface area (Å²) < 4.78 is 11.0. The molecule has 0 spiro atoms. The SMILES string of the molecule is CC[C@H](c1cccc(C)c1)C(C(=O)Oc1cc(Cl)c(Cl)c(Cl)c1)C(=O)Oc1cc(Cl)c(Cl)c(Cl)c1. The fraction of sp³-hybridized carbons (Fsp3) is 0.200. The Morgan fingerprint density at radius 2 is 1.17 bits per heavy atom. The maximum absolute atomic E-state index is 13.4. The molecule has 0 fully saturated rings. The van der Waals surface area contributed by atoms with Gasteiger partial charge in [-0.1, -0.05) is 106 Å². The molecule has 184 valence electrons. The van der Waals surface area contributed by atoms with Crippen LogP contribution in [-0.2, 0) is 9.59 Å². The molecule has 0 bridgehead atoms. The Morgan fingerprint density at radius 1 is 0.743 bits per heavy atom. The lowest BCUT2D eigenvalue weighted by Gasteiger charge is -2.24. The first-order valence-corrected chi connectivity index (χ1v) is 12.6. The van der Waals surface area contributed by atoms with Gasteiger partial charge in [-0.25, -0.2) is 0 Å². The van der Waals surface area contributed by atoms with Gasteiger partial charge in [-0.15, -0.1) is 0 Å². The lowest BCUT2D eigenvalue weighted by atomic mass is 9.83. The maximum Gasteiger partial charge on any atom is 0.326 e. The zero-order valence-electron chi connectivity index (χ0n) is 18.4. The van der Waals surface area contributed by atoms with E-state index in [9.17, 15) is 9.59 Å². The van der Waals surface area contributed by atoms with Crippen molar-refractivity contribution >= 4 is 81.5 Å². The van der Waals surface area contributed by atoms with E-state index in [4.69, 9.17) is 79.1 Å². The van der Waals surface area contributed by atoms with Gasteiger partial charge in [-0.2, -0.15) is 0 Å². The van der Waals surface area contributed by atoms with E-state index < -0.39 is 23.8 Å². The molecule has 0 saturated heterocycles. The lowest BCUT2D eigenvalue weighted by molar-refractivity contribution is -0.152. The number of carbonyl (C=O) groups excluding carboxylic acids is 2. The van der Waals surface area contributed by atoms with E-state index in [0.29, 0.717) is 6.42 Å². The number of hydrogen-bond acceptors (Lipinski definition) is 4. The summed E-state index contributed by atoms with van der Waals surface area (Å²) in [5.74, 6) is -3.56. The van der Waals surface area contributed by atoms with Gasteiger partial charge in [-0.3, -0.25) is 9.59 Å². The topological polar surface area (TPSA) is 52.6 Å². The van der Waals surface area contributed by atoms with E-state index in [-0.39, 0.29) is 41.6 Å². The van der Waals surface area contributed by atoms with Crippen molar-refractivity contribution in [2.24, 2.45) is 5.92 Å². The molecule has 0 aliphatic carbocycles. The van der Waals surface area contributed by atoms with Crippen molar-refractivity contribution in [2.45, 2.75) is 26.2 Å². The van der Waals surface area contributed by atoms with Gasteiger partial charge in [0.05, 0.1) is 30.1 Å². The summed E-state index contributed by atoms with van der Waals surface area (Å²) in [4.78, 5) is 26.8. The summed E-state index contributed by atoms with van der Waals surface area (Å²) in [6, 6.07) is 12.8. The van der Waals surface area contributed by atoms with Crippen LogP contribution >= 0.6 is 69.6 Å². The predicted molar refractivity (Wildman–Crippen MR) is 142 cm³/mol. The third-order valence-corrected chi connectivity index (χ3v) is 7.57. The number of esters is 2. The molecule has 0 aromatic heterocycles. The van der Waals surface area contributed by atoms with E-state index in [1.165, 1.54) is 24.3 Å². The number of aryl methyl sites for hydroxylation is 1. The Labute approximate surface area is 232 Å². The van der Waals surface area contributed by atoms with Crippen LogP contribution in [0.5, 0.6) is 11.5 Å². The van der Waals surface area contributed by atoms with Crippen LogP contribution in [-0.4, -0.2) is 11.9 Å². The zero-order valence-corrected chi connectivity index (χ0v) is 22.9. The molecule has 0 saturated carbocycles. The molecule has 1 atom stereocenters. The van der Waals surface area contributed by atoms with Crippen LogP contribution in [0.25, 0.3) is 0 Å². The van der Waals surface area contributed by atoms with Crippen molar-refractivity contribution in [3.05, 3.63) is 89.8 Å². The van der Waals surface area contributed by atoms with Crippen molar-refractivity contribution in [3.8, 4) is 11.5 Å². The molecule has 4 nitrogen and oxygen atoms in total. The van der Waals surface area contributed by atoms with Gasteiger partial charge < -0.3 is 9.47 Å². The normalized spacial score (nSPS) is 11.9. The zero-order chi connectivity index (χ0) is 25.9. The van der Waals surface area contributed by atoms with Crippen molar-refractivity contribution in [2.75, 3.05) is 0 Å². The molecule has 0 aliphatic heterocycles. The largest absolute Gasteiger partial charge is 0.426 e. The minimum atomic E-state index is -1.34. The molecule has 3 rings (SSSR count). The summed E-state index contributed by atoms with van der Waals surface area (Å²) in [7, 11) is 0. The van der Waals surface area contributed by atoms with Gasteiger partial charge in [0.15, 0.2) is 5.92 Å². The van der Waals surface area contributed by atoms with E-state index in [1.54, 1.807) is 0 Å². The number of halogens is 6. The molecule has 0 heterocycles. The maximum atomic E-state index is 13.4. The molecule has 0 radical (unpaired) electrons. The van der Waals surface area contributed by atoms with Gasteiger partial charge in [0, 0.05) is 30.2 Å². The summed E-state index contributed by atoms with van der Waals surface area (Å²) >= 11 is 36.2.